The zero-order valence-corrected chi connectivity index (χ0v) is 11.2. The van der Waals surface area contributed by atoms with Crippen LogP contribution in [0.3, 0.4) is 0 Å². The minimum atomic E-state index is -0.234. The SMILES string of the molecule is CCOc1cc(N)cc(NC2CC(O)C2(C)C)c1. The maximum atomic E-state index is 9.73. The second-order valence-corrected chi connectivity index (χ2v) is 5.49. The minimum absolute atomic E-state index is 0.101. The van der Waals surface area contributed by atoms with Gasteiger partial charge >= 0.3 is 0 Å². The highest BCUT2D eigenvalue weighted by molar-refractivity contribution is 5.60. The number of nitrogens with two attached hydrogens (primary N) is 1. The Morgan fingerprint density at radius 3 is 2.72 bits per heavy atom. The molecule has 0 heterocycles. The van der Waals surface area contributed by atoms with E-state index in [2.05, 4.69) is 19.2 Å². The first-order chi connectivity index (χ1) is 8.43. The smallest absolute Gasteiger partial charge is 0.123 e. The summed E-state index contributed by atoms with van der Waals surface area (Å²) in [5.41, 5.74) is 7.38. The fraction of sp³-hybridized carbons (Fsp3) is 0.571. The van der Waals surface area contributed by atoms with Gasteiger partial charge in [0.15, 0.2) is 0 Å². The summed E-state index contributed by atoms with van der Waals surface area (Å²) in [5, 5.41) is 13.1. The molecule has 4 heteroatoms. The van der Waals surface area contributed by atoms with Crippen molar-refractivity contribution >= 4 is 11.4 Å². The van der Waals surface area contributed by atoms with Gasteiger partial charge in [0.1, 0.15) is 5.75 Å². The first-order valence-corrected chi connectivity index (χ1v) is 6.41. The van der Waals surface area contributed by atoms with Gasteiger partial charge in [-0.05, 0) is 19.4 Å². The van der Waals surface area contributed by atoms with Crippen molar-refractivity contribution in [2.75, 3.05) is 17.7 Å². The monoisotopic (exact) mass is 250 g/mol. The van der Waals surface area contributed by atoms with E-state index in [1.807, 2.05) is 25.1 Å². The predicted octanol–water partition coefficient (Wildman–Crippen LogP) is 2.24. The van der Waals surface area contributed by atoms with Gasteiger partial charge in [0.05, 0.1) is 12.7 Å². The van der Waals surface area contributed by atoms with Crippen molar-refractivity contribution in [1.82, 2.24) is 0 Å². The minimum Gasteiger partial charge on any atom is -0.494 e. The molecule has 1 aromatic rings. The molecular weight excluding hydrogens is 228 g/mol. The number of rotatable bonds is 4. The van der Waals surface area contributed by atoms with Crippen LogP contribution in [0.25, 0.3) is 0 Å². The Hall–Kier alpha value is -1.42. The summed E-state index contributed by atoms with van der Waals surface area (Å²) >= 11 is 0. The summed E-state index contributed by atoms with van der Waals surface area (Å²) in [5.74, 6) is 0.776. The molecule has 2 unspecified atom stereocenters. The highest BCUT2D eigenvalue weighted by atomic mass is 16.5. The first-order valence-electron chi connectivity index (χ1n) is 6.41. The first kappa shape index (κ1) is 13.0. The van der Waals surface area contributed by atoms with E-state index < -0.39 is 0 Å². The normalized spacial score (nSPS) is 25.3. The van der Waals surface area contributed by atoms with Crippen LogP contribution in [-0.2, 0) is 0 Å². The highest BCUT2D eigenvalue weighted by Gasteiger charge is 2.47. The third-order valence-electron chi connectivity index (χ3n) is 3.80. The van der Waals surface area contributed by atoms with Crippen molar-refractivity contribution in [2.24, 2.45) is 5.41 Å². The quantitative estimate of drug-likeness (QED) is 0.717. The maximum absolute atomic E-state index is 9.73. The number of benzene rings is 1. The molecule has 100 valence electrons. The van der Waals surface area contributed by atoms with Gasteiger partial charge in [-0.1, -0.05) is 13.8 Å². The number of hydrogen-bond acceptors (Lipinski definition) is 4. The topological polar surface area (TPSA) is 67.5 Å². The Labute approximate surface area is 108 Å². The second-order valence-electron chi connectivity index (χ2n) is 5.49. The molecule has 0 amide bonds. The fourth-order valence-corrected chi connectivity index (χ4v) is 2.30. The fourth-order valence-electron chi connectivity index (χ4n) is 2.30. The lowest BCUT2D eigenvalue weighted by molar-refractivity contribution is -0.0510. The van der Waals surface area contributed by atoms with Crippen molar-refractivity contribution in [3.8, 4) is 5.75 Å². The van der Waals surface area contributed by atoms with Crippen LogP contribution in [0.15, 0.2) is 18.2 Å². The molecule has 0 spiro atoms. The molecule has 4 nitrogen and oxygen atoms in total. The van der Waals surface area contributed by atoms with E-state index in [9.17, 15) is 5.11 Å². The Morgan fingerprint density at radius 2 is 2.17 bits per heavy atom. The zero-order chi connectivity index (χ0) is 13.3. The molecule has 2 rings (SSSR count). The van der Waals surface area contributed by atoms with Gasteiger partial charge in [-0.25, -0.2) is 0 Å². The molecule has 1 aromatic carbocycles. The van der Waals surface area contributed by atoms with Crippen LogP contribution in [0.5, 0.6) is 5.75 Å². The van der Waals surface area contributed by atoms with E-state index >= 15 is 0 Å². The van der Waals surface area contributed by atoms with Crippen molar-refractivity contribution < 1.29 is 9.84 Å². The Kier molecular flexibility index (Phi) is 3.39. The number of nitrogens with one attached hydrogen (secondary N) is 1. The third-order valence-corrected chi connectivity index (χ3v) is 3.80. The van der Waals surface area contributed by atoms with Gasteiger partial charge < -0.3 is 20.9 Å². The number of aliphatic hydroxyl groups is 1. The summed E-state index contributed by atoms with van der Waals surface area (Å²) in [6.07, 6.45) is 0.536. The van der Waals surface area contributed by atoms with Gasteiger partial charge in [0, 0.05) is 35.0 Å². The lowest BCUT2D eigenvalue weighted by atomic mass is 9.64. The average molecular weight is 250 g/mol. The molecule has 0 aromatic heterocycles. The van der Waals surface area contributed by atoms with Crippen LogP contribution >= 0.6 is 0 Å². The molecule has 2 atom stereocenters. The molecule has 0 aliphatic heterocycles. The lowest BCUT2D eigenvalue weighted by Gasteiger charge is -2.49. The van der Waals surface area contributed by atoms with Gasteiger partial charge in [0.2, 0.25) is 0 Å². The average Bonchev–Trinajstić information content (AvgIpc) is 2.28. The van der Waals surface area contributed by atoms with Crippen molar-refractivity contribution in [3.05, 3.63) is 18.2 Å². The summed E-state index contributed by atoms with van der Waals surface area (Å²) in [7, 11) is 0. The molecule has 0 saturated heterocycles. The zero-order valence-electron chi connectivity index (χ0n) is 11.2. The van der Waals surface area contributed by atoms with Gasteiger partial charge in [0.25, 0.3) is 0 Å². The molecule has 0 radical (unpaired) electrons. The third kappa shape index (κ3) is 2.38. The molecule has 4 N–H and O–H groups in total. The maximum Gasteiger partial charge on any atom is 0.123 e. The van der Waals surface area contributed by atoms with Crippen molar-refractivity contribution in [3.63, 3.8) is 0 Å². The highest BCUT2D eigenvalue weighted by Crippen LogP contribution is 2.42. The number of nitrogen functional groups attached to an aromatic ring is 1. The Bertz CT molecular complexity index is 432. The van der Waals surface area contributed by atoms with Crippen LogP contribution < -0.4 is 15.8 Å². The van der Waals surface area contributed by atoms with E-state index in [0.717, 1.165) is 17.9 Å². The molecule has 1 aliphatic carbocycles. The molecule has 1 saturated carbocycles. The van der Waals surface area contributed by atoms with Crippen molar-refractivity contribution in [1.29, 1.82) is 0 Å². The van der Waals surface area contributed by atoms with Crippen LogP contribution in [-0.4, -0.2) is 23.9 Å². The molecule has 1 aliphatic rings. The summed E-state index contributed by atoms with van der Waals surface area (Å²) < 4.78 is 5.46. The van der Waals surface area contributed by atoms with Crippen LogP contribution in [0.2, 0.25) is 0 Å². The summed E-state index contributed by atoms with van der Waals surface area (Å²) in [4.78, 5) is 0. The van der Waals surface area contributed by atoms with Gasteiger partial charge in [-0.15, -0.1) is 0 Å². The molecule has 18 heavy (non-hydrogen) atoms. The van der Waals surface area contributed by atoms with Gasteiger partial charge in [-0.3, -0.25) is 0 Å². The largest absolute Gasteiger partial charge is 0.494 e. The molecular formula is C14H22N2O2. The number of hydrogen-bond donors (Lipinski definition) is 3. The predicted molar refractivity (Wildman–Crippen MR) is 73.8 cm³/mol. The van der Waals surface area contributed by atoms with E-state index in [1.54, 1.807) is 0 Å². The second kappa shape index (κ2) is 4.69. The van der Waals surface area contributed by atoms with Gasteiger partial charge in [-0.2, -0.15) is 0 Å². The summed E-state index contributed by atoms with van der Waals surface area (Å²) in [6, 6.07) is 5.92. The molecule has 0 bridgehead atoms. The van der Waals surface area contributed by atoms with E-state index in [-0.39, 0.29) is 17.6 Å². The van der Waals surface area contributed by atoms with E-state index in [0.29, 0.717) is 12.3 Å². The van der Waals surface area contributed by atoms with Crippen LogP contribution in [0.4, 0.5) is 11.4 Å². The number of aliphatic hydroxyl groups excluding tert-OH is 1. The lowest BCUT2D eigenvalue weighted by Crippen LogP contribution is -2.56. The standard InChI is InChI=1S/C14H22N2O2/c1-4-18-11-6-9(15)5-10(7-11)16-12-8-13(17)14(12,2)3/h5-7,12-13,16-17H,4,8,15H2,1-3H3. The van der Waals surface area contributed by atoms with E-state index in [4.69, 9.17) is 10.5 Å². The number of anilines is 2. The Morgan fingerprint density at radius 1 is 1.44 bits per heavy atom. The molecule has 1 fully saturated rings. The van der Waals surface area contributed by atoms with Crippen molar-refractivity contribution in [2.45, 2.75) is 39.3 Å². The summed E-state index contributed by atoms with van der Waals surface area (Å²) in [6.45, 7) is 6.70. The van der Waals surface area contributed by atoms with Crippen LogP contribution in [0.1, 0.15) is 27.2 Å². The number of ether oxygens (including phenoxy) is 1. The Balaban J connectivity index is 2.10. The van der Waals surface area contributed by atoms with E-state index in [1.165, 1.54) is 0 Å². The van der Waals surface area contributed by atoms with Crippen LogP contribution in [0, 0.1) is 5.41 Å².